The SMILES string of the molecule is NNC(=O)Cc1ccc(CSc2ccccc2N)cc1. The van der Waals surface area contributed by atoms with Crippen molar-refractivity contribution in [2.45, 2.75) is 17.1 Å². The van der Waals surface area contributed by atoms with Gasteiger partial charge >= 0.3 is 0 Å². The number of nitrogens with one attached hydrogen (secondary N) is 1. The maximum absolute atomic E-state index is 11.2. The van der Waals surface area contributed by atoms with Gasteiger partial charge < -0.3 is 5.73 Å². The average Bonchev–Trinajstić information content (AvgIpc) is 2.48. The second kappa shape index (κ2) is 6.98. The highest BCUT2D eigenvalue weighted by atomic mass is 32.2. The molecule has 0 aliphatic carbocycles. The number of para-hydroxylation sites is 1. The lowest BCUT2D eigenvalue weighted by Gasteiger charge is -2.06. The zero-order chi connectivity index (χ0) is 14.4. The quantitative estimate of drug-likeness (QED) is 0.259. The Morgan fingerprint density at radius 2 is 1.70 bits per heavy atom. The van der Waals surface area contributed by atoms with Crippen LogP contribution in [-0.2, 0) is 17.0 Å². The third-order valence-electron chi connectivity index (χ3n) is 2.86. The zero-order valence-corrected chi connectivity index (χ0v) is 11.8. The predicted octanol–water partition coefficient (Wildman–Crippen LogP) is 2.09. The zero-order valence-electron chi connectivity index (χ0n) is 11.0. The standard InChI is InChI=1S/C15H17N3OS/c16-13-3-1-2-4-14(13)20-10-12-7-5-11(6-8-12)9-15(19)18-17/h1-8H,9-10,16-17H2,(H,18,19). The molecule has 0 saturated heterocycles. The molecule has 0 fully saturated rings. The maximum atomic E-state index is 11.2. The molecule has 0 saturated carbocycles. The maximum Gasteiger partial charge on any atom is 0.238 e. The van der Waals surface area contributed by atoms with Crippen LogP contribution in [0.1, 0.15) is 11.1 Å². The molecule has 1 amide bonds. The van der Waals surface area contributed by atoms with E-state index in [0.717, 1.165) is 21.9 Å². The van der Waals surface area contributed by atoms with E-state index < -0.39 is 0 Å². The van der Waals surface area contributed by atoms with Crippen LogP contribution in [-0.4, -0.2) is 5.91 Å². The van der Waals surface area contributed by atoms with Gasteiger partial charge in [0.25, 0.3) is 0 Å². The Kier molecular flexibility index (Phi) is 5.03. The molecule has 0 atom stereocenters. The molecular formula is C15H17N3OS. The van der Waals surface area contributed by atoms with Gasteiger partial charge in [0.05, 0.1) is 6.42 Å². The van der Waals surface area contributed by atoms with Gasteiger partial charge in [0, 0.05) is 16.3 Å². The number of hydrogen-bond acceptors (Lipinski definition) is 4. The molecule has 2 aromatic carbocycles. The summed E-state index contributed by atoms with van der Waals surface area (Å²) in [5.74, 6) is 5.72. The fourth-order valence-electron chi connectivity index (χ4n) is 1.76. The number of nitrogens with two attached hydrogens (primary N) is 2. The summed E-state index contributed by atoms with van der Waals surface area (Å²) in [6.07, 6.45) is 0.301. The van der Waals surface area contributed by atoms with Gasteiger partial charge in [-0.15, -0.1) is 11.8 Å². The lowest BCUT2D eigenvalue weighted by atomic mass is 10.1. The molecule has 0 spiro atoms. The summed E-state index contributed by atoms with van der Waals surface area (Å²) in [5, 5.41) is 0. The van der Waals surface area contributed by atoms with Gasteiger partial charge in [0.2, 0.25) is 5.91 Å². The Morgan fingerprint density at radius 3 is 2.35 bits per heavy atom. The first kappa shape index (κ1) is 14.4. The largest absolute Gasteiger partial charge is 0.398 e. The van der Waals surface area contributed by atoms with Crippen LogP contribution in [0.3, 0.4) is 0 Å². The number of nitrogen functional groups attached to an aromatic ring is 1. The van der Waals surface area contributed by atoms with Gasteiger partial charge in [-0.25, -0.2) is 5.84 Å². The normalized spacial score (nSPS) is 10.2. The Bertz CT molecular complexity index is 584. The predicted molar refractivity (Wildman–Crippen MR) is 82.9 cm³/mol. The number of rotatable bonds is 5. The fourth-order valence-corrected chi connectivity index (χ4v) is 2.69. The first-order chi connectivity index (χ1) is 9.69. The molecule has 0 unspecified atom stereocenters. The molecule has 104 valence electrons. The van der Waals surface area contributed by atoms with Crippen LogP contribution in [0.15, 0.2) is 53.4 Å². The third-order valence-corrected chi connectivity index (χ3v) is 4.02. The highest BCUT2D eigenvalue weighted by Crippen LogP contribution is 2.27. The van der Waals surface area contributed by atoms with Gasteiger partial charge in [-0.05, 0) is 23.3 Å². The van der Waals surface area contributed by atoms with E-state index in [0.29, 0.717) is 6.42 Å². The summed E-state index contributed by atoms with van der Waals surface area (Å²) in [7, 11) is 0. The van der Waals surface area contributed by atoms with E-state index in [-0.39, 0.29) is 5.91 Å². The second-order valence-electron chi connectivity index (χ2n) is 4.39. The molecule has 2 aromatic rings. The molecule has 20 heavy (non-hydrogen) atoms. The van der Waals surface area contributed by atoms with Crippen molar-refractivity contribution in [3.63, 3.8) is 0 Å². The summed E-state index contributed by atoms with van der Waals surface area (Å²) in [6, 6.07) is 15.7. The van der Waals surface area contributed by atoms with Gasteiger partial charge in [0.1, 0.15) is 0 Å². The number of thioether (sulfide) groups is 1. The van der Waals surface area contributed by atoms with Crippen molar-refractivity contribution >= 4 is 23.4 Å². The van der Waals surface area contributed by atoms with Gasteiger partial charge in [-0.2, -0.15) is 0 Å². The molecule has 0 heterocycles. The molecule has 0 aliphatic heterocycles. The Balaban J connectivity index is 1.94. The van der Waals surface area contributed by atoms with E-state index in [2.05, 4.69) is 5.43 Å². The van der Waals surface area contributed by atoms with Crippen molar-refractivity contribution in [2.75, 3.05) is 5.73 Å². The highest BCUT2D eigenvalue weighted by molar-refractivity contribution is 7.98. The molecular weight excluding hydrogens is 270 g/mol. The Morgan fingerprint density at radius 1 is 1.05 bits per heavy atom. The van der Waals surface area contributed by atoms with Crippen molar-refractivity contribution in [3.8, 4) is 0 Å². The van der Waals surface area contributed by atoms with Crippen molar-refractivity contribution in [2.24, 2.45) is 5.84 Å². The number of hydrazine groups is 1. The summed E-state index contributed by atoms with van der Waals surface area (Å²) in [6.45, 7) is 0. The minimum atomic E-state index is -0.191. The third kappa shape index (κ3) is 4.01. The van der Waals surface area contributed by atoms with Gasteiger partial charge in [-0.1, -0.05) is 36.4 Å². The van der Waals surface area contributed by atoms with E-state index in [9.17, 15) is 4.79 Å². The number of carbonyl (C=O) groups is 1. The van der Waals surface area contributed by atoms with Crippen LogP contribution in [0.2, 0.25) is 0 Å². The monoisotopic (exact) mass is 287 g/mol. The first-order valence-corrected chi connectivity index (χ1v) is 7.22. The van der Waals surface area contributed by atoms with Crippen LogP contribution < -0.4 is 17.0 Å². The number of carbonyl (C=O) groups excluding carboxylic acids is 1. The van der Waals surface area contributed by atoms with Gasteiger partial charge in [-0.3, -0.25) is 10.2 Å². The first-order valence-electron chi connectivity index (χ1n) is 6.23. The molecule has 0 aliphatic rings. The molecule has 2 rings (SSSR count). The smallest absolute Gasteiger partial charge is 0.238 e. The highest BCUT2D eigenvalue weighted by Gasteiger charge is 2.03. The summed E-state index contributed by atoms with van der Waals surface area (Å²) >= 11 is 1.70. The number of anilines is 1. The molecule has 0 aromatic heterocycles. The van der Waals surface area contributed by atoms with Crippen molar-refractivity contribution in [3.05, 3.63) is 59.7 Å². The average molecular weight is 287 g/mol. The minimum absolute atomic E-state index is 0.191. The minimum Gasteiger partial charge on any atom is -0.398 e. The lowest BCUT2D eigenvalue weighted by Crippen LogP contribution is -2.31. The van der Waals surface area contributed by atoms with Crippen LogP contribution >= 0.6 is 11.8 Å². The van der Waals surface area contributed by atoms with E-state index in [1.807, 2.05) is 48.5 Å². The molecule has 0 radical (unpaired) electrons. The topological polar surface area (TPSA) is 81.1 Å². The van der Waals surface area contributed by atoms with E-state index >= 15 is 0 Å². The van der Waals surface area contributed by atoms with Crippen LogP contribution in [0, 0.1) is 0 Å². The van der Waals surface area contributed by atoms with Crippen LogP contribution in [0.4, 0.5) is 5.69 Å². The molecule has 5 heteroatoms. The van der Waals surface area contributed by atoms with Crippen LogP contribution in [0.25, 0.3) is 0 Å². The molecule has 0 bridgehead atoms. The summed E-state index contributed by atoms with van der Waals surface area (Å²) < 4.78 is 0. The number of amides is 1. The molecule has 4 nitrogen and oxygen atoms in total. The summed E-state index contributed by atoms with van der Waals surface area (Å²) in [5.41, 5.74) is 11.0. The van der Waals surface area contributed by atoms with E-state index in [1.54, 1.807) is 11.8 Å². The van der Waals surface area contributed by atoms with Gasteiger partial charge in [0.15, 0.2) is 0 Å². The summed E-state index contributed by atoms with van der Waals surface area (Å²) in [4.78, 5) is 12.2. The van der Waals surface area contributed by atoms with E-state index in [1.165, 1.54) is 5.56 Å². The van der Waals surface area contributed by atoms with E-state index in [4.69, 9.17) is 11.6 Å². The van der Waals surface area contributed by atoms with Crippen molar-refractivity contribution in [1.82, 2.24) is 5.43 Å². The second-order valence-corrected chi connectivity index (χ2v) is 5.40. The Hall–Kier alpha value is -1.98. The number of benzene rings is 2. The van der Waals surface area contributed by atoms with Crippen LogP contribution in [0.5, 0.6) is 0 Å². The van der Waals surface area contributed by atoms with Crippen molar-refractivity contribution < 1.29 is 4.79 Å². The lowest BCUT2D eigenvalue weighted by molar-refractivity contribution is -0.120. The number of hydrogen-bond donors (Lipinski definition) is 3. The Labute approximate surface area is 122 Å². The molecule has 5 N–H and O–H groups in total. The fraction of sp³-hybridized carbons (Fsp3) is 0.133. The van der Waals surface area contributed by atoms with Crippen molar-refractivity contribution in [1.29, 1.82) is 0 Å².